The number of aromatic nitrogens is 1. The molecule has 0 saturated heterocycles. The lowest BCUT2D eigenvalue weighted by Gasteiger charge is -2.05. The first-order valence-corrected chi connectivity index (χ1v) is 6.92. The third kappa shape index (κ3) is 3.89. The second kappa shape index (κ2) is 6.81. The fourth-order valence-electron chi connectivity index (χ4n) is 1.54. The summed E-state index contributed by atoms with van der Waals surface area (Å²) in [6.07, 6.45) is 1.63. The molecule has 0 aliphatic heterocycles. The Morgan fingerprint density at radius 3 is 2.85 bits per heavy atom. The molecular weight excluding hydrogens is 276 g/mol. The molecule has 5 nitrogen and oxygen atoms in total. The van der Waals surface area contributed by atoms with E-state index < -0.39 is 5.91 Å². The van der Waals surface area contributed by atoms with Gasteiger partial charge in [-0.1, -0.05) is 6.07 Å². The molecule has 1 aromatic carbocycles. The number of hydrogen-bond acceptors (Lipinski definition) is 4. The minimum Gasteiger partial charge on any atom is -0.497 e. The maximum atomic E-state index is 11.7. The predicted molar refractivity (Wildman–Crippen MR) is 77.0 cm³/mol. The van der Waals surface area contributed by atoms with Crippen LogP contribution < -0.4 is 10.1 Å². The highest BCUT2D eigenvalue weighted by molar-refractivity contribution is 8.00. The van der Waals surface area contributed by atoms with E-state index in [1.807, 2.05) is 24.3 Å². The highest BCUT2D eigenvalue weighted by atomic mass is 32.2. The lowest BCUT2D eigenvalue weighted by Crippen LogP contribution is -2.32. The van der Waals surface area contributed by atoms with Crippen LogP contribution in [0, 0.1) is 0 Å². The number of amides is 2. The predicted octanol–water partition coefficient (Wildman–Crippen LogP) is 2.07. The third-order valence-electron chi connectivity index (χ3n) is 2.51. The van der Waals surface area contributed by atoms with Crippen molar-refractivity contribution in [3.8, 4) is 5.75 Å². The first-order valence-electron chi connectivity index (χ1n) is 5.93. The summed E-state index contributed by atoms with van der Waals surface area (Å²) in [4.78, 5) is 27.0. The fraction of sp³-hybridized carbons (Fsp3) is 0.143. The fourth-order valence-corrected chi connectivity index (χ4v) is 2.29. The molecule has 20 heavy (non-hydrogen) atoms. The number of methoxy groups -OCH3 is 1. The maximum Gasteiger partial charge on any atom is 0.274 e. The highest BCUT2D eigenvalue weighted by Gasteiger charge is 2.11. The third-order valence-corrected chi connectivity index (χ3v) is 3.50. The molecule has 1 heterocycles. The molecule has 2 rings (SSSR count). The van der Waals surface area contributed by atoms with Crippen molar-refractivity contribution in [2.24, 2.45) is 0 Å². The molecule has 0 aliphatic rings. The molecule has 0 fully saturated rings. The van der Waals surface area contributed by atoms with Gasteiger partial charge in [0.2, 0.25) is 5.91 Å². The number of benzene rings is 1. The SMILES string of the molecule is COc1cccc(SCC(=O)NC(=O)c2ccc[nH]2)c1. The number of imide groups is 1. The molecule has 0 radical (unpaired) electrons. The Hall–Kier alpha value is -2.21. The smallest absolute Gasteiger partial charge is 0.274 e. The van der Waals surface area contributed by atoms with Crippen LogP contribution in [0.1, 0.15) is 10.5 Å². The normalized spacial score (nSPS) is 10.1. The van der Waals surface area contributed by atoms with Gasteiger partial charge in [0.1, 0.15) is 11.4 Å². The molecule has 6 heteroatoms. The number of carbonyl (C=O) groups is 2. The van der Waals surface area contributed by atoms with Crippen LogP contribution in [-0.2, 0) is 4.79 Å². The summed E-state index contributed by atoms with van der Waals surface area (Å²) >= 11 is 1.34. The number of hydrogen-bond donors (Lipinski definition) is 2. The summed E-state index contributed by atoms with van der Waals surface area (Å²) < 4.78 is 5.10. The molecule has 0 spiro atoms. The number of nitrogens with one attached hydrogen (secondary N) is 2. The minimum absolute atomic E-state index is 0.166. The monoisotopic (exact) mass is 290 g/mol. The van der Waals surface area contributed by atoms with Crippen LogP contribution >= 0.6 is 11.8 Å². The first-order chi connectivity index (χ1) is 9.69. The van der Waals surface area contributed by atoms with Crippen molar-refractivity contribution in [2.75, 3.05) is 12.9 Å². The van der Waals surface area contributed by atoms with Crippen LogP contribution in [0.2, 0.25) is 0 Å². The molecule has 2 N–H and O–H groups in total. The molecule has 0 bridgehead atoms. The second-order valence-corrected chi connectivity index (χ2v) is 4.98. The van der Waals surface area contributed by atoms with Gasteiger partial charge in [0.25, 0.3) is 5.91 Å². The Morgan fingerprint density at radius 1 is 1.30 bits per heavy atom. The summed E-state index contributed by atoms with van der Waals surface area (Å²) in [5.41, 5.74) is 0.365. The molecule has 0 aliphatic carbocycles. The van der Waals surface area contributed by atoms with Crippen LogP contribution in [0.25, 0.3) is 0 Å². The Kier molecular flexibility index (Phi) is 4.84. The molecule has 0 unspecified atom stereocenters. The summed E-state index contributed by atoms with van der Waals surface area (Å²) in [5.74, 6) is 0.140. The van der Waals surface area contributed by atoms with Gasteiger partial charge in [-0.15, -0.1) is 11.8 Å². The van der Waals surface area contributed by atoms with Gasteiger partial charge in [0.15, 0.2) is 0 Å². The van der Waals surface area contributed by atoms with E-state index in [0.717, 1.165) is 10.6 Å². The summed E-state index contributed by atoms with van der Waals surface area (Å²) in [7, 11) is 1.59. The van der Waals surface area contributed by atoms with Crippen molar-refractivity contribution in [1.82, 2.24) is 10.3 Å². The Labute approximate surface area is 120 Å². The van der Waals surface area contributed by atoms with Crippen LogP contribution in [0.3, 0.4) is 0 Å². The zero-order valence-electron chi connectivity index (χ0n) is 10.9. The van der Waals surface area contributed by atoms with E-state index in [4.69, 9.17) is 4.74 Å². The molecule has 1 aromatic heterocycles. The van der Waals surface area contributed by atoms with Gasteiger partial charge in [-0.05, 0) is 30.3 Å². The van der Waals surface area contributed by atoms with E-state index >= 15 is 0 Å². The Balaban J connectivity index is 1.84. The van der Waals surface area contributed by atoms with Gasteiger partial charge in [-0.2, -0.15) is 0 Å². The number of thioether (sulfide) groups is 1. The van der Waals surface area contributed by atoms with E-state index in [1.54, 1.807) is 25.4 Å². The van der Waals surface area contributed by atoms with E-state index in [9.17, 15) is 9.59 Å². The second-order valence-electron chi connectivity index (χ2n) is 3.93. The Morgan fingerprint density at radius 2 is 2.15 bits per heavy atom. The number of H-pyrrole nitrogens is 1. The standard InChI is InChI=1S/C14H14N2O3S/c1-19-10-4-2-5-11(8-10)20-9-13(17)16-14(18)12-6-3-7-15-12/h2-8,15H,9H2,1H3,(H,16,17,18). The average molecular weight is 290 g/mol. The molecule has 0 atom stereocenters. The number of carbonyl (C=O) groups excluding carboxylic acids is 2. The van der Waals surface area contributed by atoms with Crippen molar-refractivity contribution >= 4 is 23.6 Å². The van der Waals surface area contributed by atoms with Gasteiger partial charge in [0.05, 0.1) is 12.9 Å². The minimum atomic E-state index is -0.425. The van der Waals surface area contributed by atoms with Crippen molar-refractivity contribution < 1.29 is 14.3 Å². The van der Waals surface area contributed by atoms with Crippen molar-refractivity contribution in [3.63, 3.8) is 0 Å². The summed E-state index contributed by atoms with van der Waals surface area (Å²) in [5, 5.41) is 2.32. The largest absolute Gasteiger partial charge is 0.497 e. The lowest BCUT2D eigenvalue weighted by molar-refractivity contribution is -0.117. The zero-order valence-corrected chi connectivity index (χ0v) is 11.7. The van der Waals surface area contributed by atoms with Crippen LogP contribution in [0.15, 0.2) is 47.5 Å². The number of ether oxygens (including phenoxy) is 1. The van der Waals surface area contributed by atoms with Crippen LogP contribution in [0.5, 0.6) is 5.75 Å². The quantitative estimate of drug-likeness (QED) is 0.827. The molecule has 0 saturated carbocycles. The van der Waals surface area contributed by atoms with Gasteiger partial charge in [-0.25, -0.2) is 0 Å². The van der Waals surface area contributed by atoms with Gasteiger partial charge < -0.3 is 9.72 Å². The topological polar surface area (TPSA) is 71.2 Å². The number of rotatable bonds is 5. The van der Waals surface area contributed by atoms with Crippen LogP contribution in [-0.4, -0.2) is 29.7 Å². The number of aromatic amines is 1. The molecular formula is C14H14N2O3S. The zero-order chi connectivity index (χ0) is 14.4. The Bertz CT molecular complexity index is 596. The van der Waals surface area contributed by atoms with E-state index in [1.165, 1.54) is 11.8 Å². The van der Waals surface area contributed by atoms with Gasteiger partial charge in [-0.3, -0.25) is 14.9 Å². The molecule has 2 amide bonds. The maximum absolute atomic E-state index is 11.7. The first kappa shape index (κ1) is 14.2. The molecule has 2 aromatic rings. The van der Waals surface area contributed by atoms with Crippen LogP contribution in [0.4, 0.5) is 0 Å². The lowest BCUT2D eigenvalue weighted by atomic mass is 10.3. The van der Waals surface area contributed by atoms with Crippen molar-refractivity contribution in [3.05, 3.63) is 48.3 Å². The van der Waals surface area contributed by atoms with Gasteiger partial charge >= 0.3 is 0 Å². The van der Waals surface area contributed by atoms with E-state index in [0.29, 0.717) is 5.69 Å². The molecule has 104 valence electrons. The van der Waals surface area contributed by atoms with Gasteiger partial charge in [0, 0.05) is 11.1 Å². The van der Waals surface area contributed by atoms with Crippen molar-refractivity contribution in [2.45, 2.75) is 4.90 Å². The highest BCUT2D eigenvalue weighted by Crippen LogP contribution is 2.22. The summed E-state index contributed by atoms with van der Waals surface area (Å²) in [6.45, 7) is 0. The van der Waals surface area contributed by atoms with E-state index in [-0.39, 0.29) is 11.7 Å². The summed E-state index contributed by atoms with van der Waals surface area (Å²) in [6, 6.07) is 10.7. The van der Waals surface area contributed by atoms with E-state index in [2.05, 4.69) is 10.3 Å². The average Bonchev–Trinajstić information content (AvgIpc) is 2.99. The van der Waals surface area contributed by atoms with Crippen molar-refractivity contribution in [1.29, 1.82) is 0 Å².